The summed E-state index contributed by atoms with van der Waals surface area (Å²) in [6.07, 6.45) is 2.28. The lowest BCUT2D eigenvalue weighted by atomic mass is 10.1. The number of urea groups is 1. The number of amides is 3. The lowest BCUT2D eigenvalue weighted by Gasteiger charge is -2.36. The number of rotatable bonds is 5. The normalized spacial score (nSPS) is 13.8. The Morgan fingerprint density at radius 1 is 1.10 bits per heavy atom. The summed E-state index contributed by atoms with van der Waals surface area (Å²) in [6.45, 7) is 1.76. The zero-order chi connectivity index (χ0) is 20.9. The molecule has 4 rings (SSSR count). The summed E-state index contributed by atoms with van der Waals surface area (Å²) in [7, 11) is 0. The Morgan fingerprint density at radius 2 is 1.93 bits per heavy atom. The van der Waals surface area contributed by atoms with Crippen molar-refractivity contribution in [1.29, 1.82) is 5.26 Å². The maximum absolute atomic E-state index is 13.1. The maximum Gasteiger partial charge on any atom is 0.324 e. The third kappa shape index (κ3) is 4.18. The predicted molar refractivity (Wildman–Crippen MR) is 112 cm³/mol. The van der Waals surface area contributed by atoms with Gasteiger partial charge in [0.15, 0.2) is 5.76 Å². The molecule has 30 heavy (non-hydrogen) atoms. The van der Waals surface area contributed by atoms with Gasteiger partial charge >= 0.3 is 6.03 Å². The number of nitrogens with one attached hydrogen (secondary N) is 1. The van der Waals surface area contributed by atoms with Gasteiger partial charge in [-0.15, -0.1) is 0 Å². The van der Waals surface area contributed by atoms with Crippen LogP contribution in [0.3, 0.4) is 0 Å². The number of carbonyl (C=O) groups is 2. The maximum atomic E-state index is 13.1. The quantitative estimate of drug-likeness (QED) is 0.694. The van der Waals surface area contributed by atoms with E-state index in [4.69, 9.17) is 9.68 Å². The molecule has 1 aliphatic heterocycles. The predicted octanol–water partition coefficient (Wildman–Crippen LogP) is 4.24. The lowest BCUT2D eigenvalue weighted by Crippen LogP contribution is -2.49. The van der Waals surface area contributed by atoms with E-state index in [-0.39, 0.29) is 17.7 Å². The van der Waals surface area contributed by atoms with E-state index in [1.165, 1.54) is 6.26 Å². The first-order valence-electron chi connectivity index (χ1n) is 9.64. The second-order valence-corrected chi connectivity index (χ2v) is 7.00. The smallest absolute Gasteiger partial charge is 0.324 e. The molecule has 0 bridgehead atoms. The molecule has 1 aromatic heterocycles. The SMILES string of the molecule is N#Cc1ccc(CN2CCCN(c3cccc(NC(=O)c4ccco4)c3)C2=O)cc1. The molecule has 1 aliphatic rings. The van der Waals surface area contributed by atoms with Gasteiger partial charge in [0.1, 0.15) is 0 Å². The van der Waals surface area contributed by atoms with Crippen molar-refractivity contribution in [3.05, 3.63) is 83.8 Å². The van der Waals surface area contributed by atoms with E-state index in [0.29, 0.717) is 30.9 Å². The van der Waals surface area contributed by atoms with E-state index in [1.54, 1.807) is 52.3 Å². The molecule has 0 radical (unpaired) electrons. The minimum Gasteiger partial charge on any atom is -0.459 e. The number of benzene rings is 2. The van der Waals surface area contributed by atoms with Gasteiger partial charge in [0.2, 0.25) is 0 Å². The highest BCUT2D eigenvalue weighted by atomic mass is 16.3. The van der Waals surface area contributed by atoms with Crippen molar-refractivity contribution in [3.8, 4) is 6.07 Å². The highest BCUT2D eigenvalue weighted by Gasteiger charge is 2.27. The molecule has 0 unspecified atom stereocenters. The second-order valence-electron chi connectivity index (χ2n) is 7.00. The molecule has 1 saturated heterocycles. The van der Waals surface area contributed by atoms with Crippen LogP contribution in [0.4, 0.5) is 16.2 Å². The van der Waals surface area contributed by atoms with E-state index in [1.807, 2.05) is 18.2 Å². The van der Waals surface area contributed by atoms with Crippen molar-refractivity contribution < 1.29 is 14.0 Å². The monoisotopic (exact) mass is 400 g/mol. The molecule has 0 saturated carbocycles. The van der Waals surface area contributed by atoms with Crippen LogP contribution in [0.1, 0.15) is 28.1 Å². The summed E-state index contributed by atoms with van der Waals surface area (Å²) in [6, 6.07) is 19.7. The zero-order valence-electron chi connectivity index (χ0n) is 16.2. The molecule has 3 aromatic rings. The number of nitrogens with zero attached hydrogens (tertiary/aromatic N) is 3. The second kappa shape index (κ2) is 8.53. The Labute approximate surface area is 174 Å². The van der Waals surface area contributed by atoms with Crippen molar-refractivity contribution in [2.75, 3.05) is 23.3 Å². The standard InChI is InChI=1S/C23H20N4O3/c24-15-17-7-9-18(10-8-17)16-26-11-3-12-27(23(26)29)20-5-1-4-19(14-20)25-22(28)21-6-2-13-30-21/h1-2,4-10,13-14H,3,11-12,16H2,(H,25,28). The first-order valence-corrected chi connectivity index (χ1v) is 9.64. The van der Waals surface area contributed by atoms with Gasteiger partial charge in [-0.2, -0.15) is 5.26 Å². The third-order valence-electron chi connectivity index (χ3n) is 4.93. The van der Waals surface area contributed by atoms with Gasteiger partial charge in [-0.05, 0) is 54.4 Å². The van der Waals surface area contributed by atoms with Crippen molar-refractivity contribution in [1.82, 2.24) is 4.90 Å². The Hall–Kier alpha value is -4.05. The summed E-state index contributed by atoms with van der Waals surface area (Å²) in [4.78, 5) is 28.8. The van der Waals surface area contributed by atoms with E-state index in [2.05, 4.69) is 11.4 Å². The average Bonchev–Trinajstić information content (AvgIpc) is 3.31. The van der Waals surface area contributed by atoms with Crippen LogP contribution in [0.5, 0.6) is 0 Å². The zero-order valence-corrected chi connectivity index (χ0v) is 16.2. The van der Waals surface area contributed by atoms with Gasteiger partial charge in [-0.25, -0.2) is 4.79 Å². The van der Waals surface area contributed by atoms with Gasteiger partial charge in [0.05, 0.1) is 17.9 Å². The summed E-state index contributed by atoms with van der Waals surface area (Å²) >= 11 is 0. The first-order chi connectivity index (χ1) is 14.6. The lowest BCUT2D eigenvalue weighted by molar-refractivity contribution is 0.0996. The van der Waals surface area contributed by atoms with Crippen molar-refractivity contribution in [2.45, 2.75) is 13.0 Å². The Bertz CT molecular complexity index is 1080. The van der Waals surface area contributed by atoms with E-state index in [0.717, 1.165) is 17.7 Å². The molecular weight excluding hydrogens is 380 g/mol. The fraction of sp³-hybridized carbons (Fsp3) is 0.174. The molecule has 1 N–H and O–H groups in total. The fourth-order valence-corrected chi connectivity index (χ4v) is 3.42. The van der Waals surface area contributed by atoms with Gasteiger partial charge in [0.25, 0.3) is 5.91 Å². The highest BCUT2D eigenvalue weighted by molar-refractivity contribution is 6.02. The van der Waals surface area contributed by atoms with E-state index < -0.39 is 0 Å². The number of hydrogen-bond acceptors (Lipinski definition) is 4. The van der Waals surface area contributed by atoms with Crippen LogP contribution >= 0.6 is 0 Å². The summed E-state index contributed by atoms with van der Waals surface area (Å²) in [5.74, 6) is -0.118. The number of anilines is 2. The summed E-state index contributed by atoms with van der Waals surface area (Å²) < 4.78 is 5.12. The van der Waals surface area contributed by atoms with Gasteiger partial charge in [-0.3, -0.25) is 9.69 Å². The first kappa shape index (κ1) is 19.3. The van der Waals surface area contributed by atoms with E-state index in [9.17, 15) is 9.59 Å². The molecule has 0 aliphatic carbocycles. The van der Waals surface area contributed by atoms with Gasteiger partial charge < -0.3 is 14.6 Å². The van der Waals surface area contributed by atoms with Crippen LogP contribution < -0.4 is 10.2 Å². The molecule has 0 atom stereocenters. The van der Waals surface area contributed by atoms with Crippen LogP contribution in [0.15, 0.2) is 71.3 Å². The molecule has 1 fully saturated rings. The molecule has 7 nitrogen and oxygen atoms in total. The summed E-state index contributed by atoms with van der Waals surface area (Å²) in [5.41, 5.74) is 2.88. The van der Waals surface area contributed by atoms with Crippen LogP contribution in [-0.4, -0.2) is 29.9 Å². The van der Waals surface area contributed by atoms with Crippen molar-refractivity contribution in [2.24, 2.45) is 0 Å². The van der Waals surface area contributed by atoms with Crippen LogP contribution in [0, 0.1) is 11.3 Å². The molecule has 2 aromatic carbocycles. The molecular formula is C23H20N4O3. The highest BCUT2D eigenvalue weighted by Crippen LogP contribution is 2.25. The number of nitriles is 1. The third-order valence-corrected chi connectivity index (χ3v) is 4.93. The Morgan fingerprint density at radius 3 is 2.67 bits per heavy atom. The Kier molecular flexibility index (Phi) is 5.48. The number of carbonyl (C=O) groups excluding carboxylic acids is 2. The van der Waals surface area contributed by atoms with Crippen LogP contribution in [-0.2, 0) is 6.54 Å². The molecule has 0 spiro atoms. The molecule has 2 heterocycles. The molecule has 3 amide bonds. The van der Waals surface area contributed by atoms with Crippen molar-refractivity contribution >= 4 is 23.3 Å². The van der Waals surface area contributed by atoms with Gasteiger partial charge in [0, 0.05) is 31.0 Å². The number of hydrogen-bond donors (Lipinski definition) is 1. The van der Waals surface area contributed by atoms with E-state index >= 15 is 0 Å². The summed E-state index contributed by atoms with van der Waals surface area (Å²) in [5, 5.41) is 11.7. The molecule has 150 valence electrons. The number of furan rings is 1. The molecule has 7 heteroatoms. The topological polar surface area (TPSA) is 89.6 Å². The average molecular weight is 400 g/mol. The minimum absolute atomic E-state index is 0.0832. The van der Waals surface area contributed by atoms with Crippen molar-refractivity contribution in [3.63, 3.8) is 0 Å². The fourth-order valence-electron chi connectivity index (χ4n) is 3.42. The van der Waals surface area contributed by atoms with Gasteiger partial charge in [-0.1, -0.05) is 18.2 Å². The minimum atomic E-state index is -0.343. The Balaban J connectivity index is 1.47. The van der Waals surface area contributed by atoms with Crippen LogP contribution in [0.25, 0.3) is 0 Å². The van der Waals surface area contributed by atoms with Crippen LogP contribution in [0.2, 0.25) is 0 Å². The largest absolute Gasteiger partial charge is 0.459 e.